The van der Waals surface area contributed by atoms with Crippen LogP contribution in [0.2, 0.25) is 0 Å². The topological polar surface area (TPSA) is 89.1 Å². The second kappa shape index (κ2) is 10.0. The van der Waals surface area contributed by atoms with Gasteiger partial charge in [-0.1, -0.05) is 32.0 Å². The van der Waals surface area contributed by atoms with Crippen LogP contribution in [-0.4, -0.2) is 51.3 Å². The Kier molecular flexibility index (Phi) is 6.91. The van der Waals surface area contributed by atoms with E-state index >= 15 is 0 Å². The van der Waals surface area contributed by atoms with Gasteiger partial charge in [0.05, 0.1) is 38.0 Å². The molecule has 2 aliphatic rings. The quantitative estimate of drug-likeness (QED) is 0.699. The molecular weight excluding hydrogens is 422 g/mol. The van der Waals surface area contributed by atoms with Crippen molar-refractivity contribution >= 4 is 17.5 Å². The molecule has 0 saturated heterocycles. The lowest BCUT2D eigenvalue weighted by molar-refractivity contribution is -0.128. The molecule has 2 heterocycles. The van der Waals surface area contributed by atoms with E-state index in [1.165, 1.54) is 0 Å². The second-order valence-corrected chi connectivity index (χ2v) is 8.61. The number of ether oxygens (including phenoxy) is 3. The summed E-state index contributed by atoms with van der Waals surface area (Å²) in [6.07, 6.45) is 0.159. The number of para-hydroxylation sites is 2. The van der Waals surface area contributed by atoms with Crippen LogP contribution >= 0.6 is 0 Å². The number of hydrogen-bond donors (Lipinski definition) is 2. The van der Waals surface area contributed by atoms with Crippen molar-refractivity contribution in [1.29, 1.82) is 0 Å². The number of amides is 2. The van der Waals surface area contributed by atoms with Gasteiger partial charge in [-0.2, -0.15) is 0 Å². The first-order valence-corrected chi connectivity index (χ1v) is 11.4. The van der Waals surface area contributed by atoms with Gasteiger partial charge in [-0.15, -0.1) is 0 Å². The van der Waals surface area contributed by atoms with Gasteiger partial charge in [-0.25, -0.2) is 0 Å². The molecule has 0 aliphatic carbocycles. The number of nitrogens with one attached hydrogen (secondary N) is 2. The van der Waals surface area contributed by atoms with Crippen LogP contribution in [0.15, 0.2) is 42.5 Å². The minimum absolute atomic E-state index is 0.113. The summed E-state index contributed by atoms with van der Waals surface area (Å²) in [5.74, 6) is 1.84. The fraction of sp³-hybridized carbons (Fsp3) is 0.440. The third-order valence-corrected chi connectivity index (χ3v) is 5.85. The Hall–Kier alpha value is -3.42. The Morgan fingerprint density at radius 2 is 1.82 bits per heavy atom. The van der Waals surface area contributed by atoms with Crippen LogP contribution in [0.25, 0.3) is 0 Å². The molecule has 2 atom stereocenters. The van der Waals surface area contributed by atoms with E-state index in [1.54, 1.807) is 7.05 Å². The van der Waals surface area contributed by atoms with Crippen LogP contribution in [0.4, 0.5) is 5.69 Å². The van der Waals surface area contributed by atoms with E-state index < -0.39 is 6.10 Å². The van der Waals surface area contributed by atoms with Crippen LogP contribution in [0.5, 0.6) is 17.2 Å². The number of rotatable bonds is 6. The van der Waals surface area contributed by atoms with Crippen molar-refractivity contribution in [3.05, 3.63) is 48.0 Å². The molecule has 2 amide bonds. The van der Waals surface area contributed by atoms with E-state index in [9.17, 15) is 9.59 Å². The molecule has 2 aromatic rings. The van der Waals surface area contributed by atoms with Gasteiger partial charge in [0.25, 0.3) is 5.91 Å². The lowest BCUT2D eigenvalue weighted by atomic mass is 9.95. The SMILES string of the molecule is CNC(=O)[C@@H]1CN(CC(=O)N[C@@H](c2ccc3c(c2)OCCCO3)C(C)C)c2ccccc2O1. The lowest BCUT2D eigenvalue weighted by Crippen LogP contribution is -2.51. The molecule has 0 saturated carbocycles. The van der Waals surface area contributed by atoms with Gasteiger partial charge in [-0.3, -0.25) is 9.59 Å². The smallest absolute Gasteiger partial charge is 0.262 e. The number of anilines is 1. The monoisotopic (exact) mass is 453 g/mol. The van der Waals surface area contributed by atoms with Crippen LogP contribution < -0.4 is 29.7 Å². The summed E-state index contributed by atoms with van der Waals surface area (Å²) < 4.78 is 17.4. The average Bonchev–Trinajstić information content (AvgIpc) is 3.06. The number of nitrogens with zero attached hydrogens (tertiary/aromatic N) is 1. The third-order valence-electron chi connectivity index (χ3n) is 5.85. The maximum Gasteiger partial charge on any atom is 0.262 e. The van der Waals surface area contributed by atoms with E-state index in [4.69, 9.17) is 14.2 Å². The molecule has 2 aliphatic heterocycles. The van der Waals surface area contributed by atoms with Crippen molar-refractivity contribution in [2.45, 2.75) is 32.4 Å². The Morgan fingerprint density at radius 3 is 2.58 bits per heavy atom. The first-order chi connectivity index (χ1) is 16.0. The van der Waals surface area contributed by atoms with Crippen molar-refractivity contribution in [2.75, 3.05) is 38.3 Å². The molecule has 0 spiro atoms. The first-order valence-electron chi connectivity index (χ1n) is 11.4. The van der Waals surface area contributed by atoms with Crippen molar-refractivity contribution in [3.8, 4) is 17.2 Å². The van der Waals surface area contributed by atoms with Crippen molar-refractivity contribution in [3.63, 3.8) is 0 Å². The number of carbonyl (C=O) groups is 2. The fourth-order valence-corrected chi connectivity index (χ4v) is 4.15. The minimum atomic E-state index is -0.680. The zero-order chi connectivity index (χ0) is 23.4. The van der Waals surface area contributed by atoms with Gasteiger partial charge in [0.1, 0.15) is 5.75 Å². The third kappa shape index (κ3) is 5.16. The van der Waals surface area contributed by atoms with Crippen LogP contribution in [0.3, 0.4) is 0 Å². The van der Waals surface area contributed by atoms with E-state index in [0.29, 0.717) is 31.3 Å². The Balaban J connectivity index is 1.50. The van der Waals surface area contributed by atoms with Crippen LogP contribution in [0, 0.1) is 5.92 Å². The maximum atomic E-state index is 13.1. The highest BCUT2D eigenvalue weighted by molar-refractivity contribution is 5.86. The first kappa shape index (κ1) is 22.8. The molecule has 0 bridgehead atoms. The average molecular weight is 454 g/mol. The number of hydrogen-bond acceptors (Lipinski definition) is 6. The number of likely N-dealkylation sites (N-methyl/N-ethyl adjacent to an activating group) is 1. The van der Waals surface area contributed by atoms with Gasteiger partial charge in [0, 0.05) is 13.5 Å². The molecular formula is C25H31N3O5. The summed E-state index contributed by atoms with van der Waals surface area (Å²) in [5.41, 5.74) is 1.76. The lowest BCUT2D eigenvalue weighted by Gasteiger charge is -2.35. The number of fused-ring (bicyclic) bond motifs is 2. The highest BCUT2D eigenvalue weighted by Gasteiger charge is 2.31. The van der Waals surface area contributed by atoms with E-state index in [0.717, 1.165) is 23.4 Å². The molecule has 2 aromatic carbocycles. The summed E-state index contributed by atoms with van der Waals surface area (Å²) in [4.78, 5) is 27.3. The zero-order valence-corrected chi connectivity index (χ0v) is 19.3. The van der Waals surface area contributed by atoms with Crippen molar-refractivity contribution < 1.29 is 23.8 Å². The Labute approximate surface area is 194 Å². The second-order valence-electron chi connectivity index (χ2n) is 8.61. The summed E-state index contributed by atoms with van der Waals surface area (Å²) in [5, 5.41) is 5.80. The van der Waals surface area contributed by atoms with Crippen molar-refractivity contribution in [2.24, 2.45) is 5.92 Å². The number of carbonyl (C=O) groups excluding carboxylic acids is 2. The molecule has 33 heavy (non-hydrogen) atoms. The standard InChI is InChI=1S/C25H31N3O5/c1-16(2)24(17-9-10-20-21(13-17)32-12-6-11-31-20)27-23(29)15-28-14-22(25(30)26-3)33-19-8-5-4-7-18(19)28/h4-5,7-10,13,16,22,24H,6,11-12,14-15H2,1-3H3,(H,26,30)(H,27,29)/t22-,24+/m0/s1. The van der Waals surface area contributed by atoms with Crippen molar-refractivity contribution in [1.82, 2.24) is 10.6 Å². The van der Waals surface area contributed by atoms with Gasteiger partial charge in [0.15, 0.2) is 17.6 Å². The van der Waals surface area contributed by atoms with E-state index in [2.05, 4.69) is 24.5 Å². The molecule has 8 heteroatoms. The summed E-state index contributed by atoms with van der Waals surface area (Å²) in [6, 6.07) is 13.1. The molecule has 0 unspecified atom stereocenters. The predicted molar refractivity (Wildman–Crippen MR) is 125 cm³/mol. The van der Waals surface area contributed by atoms with Gasteiger partial charge in [0.2, 0.25) is 5.91 Å². The van der Waals surface area contributed by atoms with E-state index in [1.807, 2.05) is 47.4 Å². The minimum Gasteiger partial charge on any atom is -0.490 e. The van der Waals surface area contributed by atoms with Crippen LogP contribution in [-0.2, 0) is 9.59 Å². The molecule has 2 N–H and O–H groups in total. The molecule has 8 nitrogen and oxygen atoms in total. The molecule has 0 aromatic heterocycles. The number of benzene rings is 2. The Morgan fingerprint density at radius 1 is 1.06 bits per heavy atom. The largest absolute Gasteiger partial charge is 0.490 e. The van der Waals surface area contributed by atoms with Crippen LogP contribution in [0.1, 0.15) is 31.9 Å². The predicted octanol–water partition coefficient (Wildman–Crippen LogP) is 2.67. The molecule has 0 fully saturated rings. The Bertz CT molecular complexity index is 1010. The van der Waals surface area contributed by atoms with Gasteiger partial charge < -0.3 is 29.7 Å². The highest BCUT2D eigenvalue weighted by Crippen LogP contribution is 2.35. The highest BCUT2D eigenvalue weighted by atomic mass is 16.5. The van der Waals surface area contributed by atoms with Gasteiger partial charge in [-0.05, 0) is 35.7 Å². The summed E-state index contributed by atoms with van der Waals surface area (Å²) in [7, 11) is 1.58. The molecule has 176 valence electrons. The maximum absolute atomic E-state index is 13.1. The summed E-state index contributed by atoms with van der Waals surface area (Å²) >= 11 is 0. The normalized spacial score (nSPS) is 17.9. The fourth-order valence-electron chi connectivity index (χ4n) is 4.15. The van der Waals surface area contributed by atoms with Gasteiger partial charge >= 0.3 is 0 Å². The summed E-state index contributed by atoms with van der Waals surface area (Å²) in [6.45, 7) is 5.79. The zero-order valence-electron chi connectivity index (χ0n) is 19.3. The molecule has 0 radical (unpaired) electrons. The molecule has 4 rings (SSSR count). The van der Waals surface area contributed by atoms with E-state index in [-0.39, 0.29) is 30.3 Å².